The number of aromatic nitrogens is 3. The van der Waals surface area contributed by atoms with Gasteiger partial charge in [0.15, 0.2) is 11.0 Å². The highest BCUT2D eigenvalue weighted by molar-refractivity contribution is 7.98. The third-order valence-electron chi connectivity index (χ3n) is 4.03. The molecule has 0 aliphatic rings. The predicted molar refractivity (Wildman–Crippen MR) is 98.7 cm³/mol. The van der Waals surface area contributed by atoms with Crippen molar-refractivity contribution < 1.29 is 17.9 Å². The number of benzene rings is 2. The Morgan fingerprint density at radius 2 is 1.74 bits per heavy atom. The second kappa shape index (κ2) is 8.04. The Balaban J connectivity index is 1.79. The molecular formula is C19H18F3N3OS. The van der Waals surface area contributed by atoms with Crippen molar-refractivity contribution in [1.82, 2.24) is 14.8 Å². The normalized spacial score (nSPS) is 11.6. The zero-order valence-corrected chi connectivity index (χ0v) is 15.6. The Hall–Kier alpha value is -2.48. The Bertz CT molecular complexity index is 907. The summed E-state index contributed by atoms with van der Waals surface area (Å²) in [6.45, 7) is 2.65. The van der Waals surface area contributed by atoms with Crippen molar-refractivity contribution in [3.05, 3.63) is 59.7 Å². The molecule has 0 atom stereocenters. The average Bonchev–Trinajstić information content (AvgIpc) is 3.08. The van der Waals surface area contributed by atoms with Crippen LogP contribution in [0.25, 0.3) is 11.4 Å². The second-order valence-electron chi connectivity index (χ2n) is 5.73. The Kier molecular flexibility index (Phi) is 5.74. The standard InChI is InChI=1S/C19H18F3N3OS/c1-3-25-17(15-6-4-5-7-16(15)26-2)23-24-18(25)27-12-13-8-10-14(11-9-13)19(20,21)22/h4-11H,3,12H2,1-2H3. The van der Waals surface area contributed by atoms with Crippen molar-refractivity contribution in [1.29, 1.82) is 0 Å². The number of hydrogen-bond acceptors (Lipinski definition) is 4. The molecule has 0 unspecified atom stereocenters. The lowest BCUT2D eigenvalue weighted by Crippen LogP contribution is -2.04. The van der Waals surface area contributed by atoms with Crippen LogP contribution in [-0.2, 0) is 18.5 Å². The van der Waals surface area contributed by atoms with Gasteiger partial charge in [0, 0.05) is 12.3 Å². The van der Waals surface area contributed by atoms with Gasteiger partial charge in [-0.3, -0.25) is 0 Å². The van der Waals surface area contributed by atoms with Gasteiger partial charge in [0.05, 0.1) is 18.2 Å². The molecule has 0 spiro atoms. The molecule has 0 aliphatic carbocycles. The first-order valence-electron chi connectivity index (χ1n) is 8.29. The zero-order chi connectivity index (χ0) is 19.4. The van der Waals surface area contributed by atoms with Gasteiger partial charge in [-0.25, -0.2) is 0 Å². The molecule has 142 valence electrons. The molecule has 0 N–H and O–H groups in total. The van der Waals surface area contributed by atoms with E-state index in [9.17, 15) is 13.2 Å². The molecular weight excluding hydrogens is 375 g/mol. The maximum Gasteiger partial charge on any atom is 0.416 e. The average molecular weight is 393 g/mol. The lowest BCUT2D eigenvalue weighted by molar-refractivity contribution is -0.137. The lowest BCUT2D eigenvalue weighted by atomic mass is 10.1. The summed E-state index contributed by atoms with van der Waals surface area (Å²) in [7, 11) is 1.60. The van der Waals surface area contributed by atoms with Crippen LogP contribution < -0.4 is 4.74 Å². The van der Waals surface area contributed by atoms with Crippen LogP contribution in [-0.4, -0.2) is 21.9 Å². The highest BCUT2D eigenvalue weighted by Crippen LogP contribution is 2.33. The van der Waals surface area contributed by atoms with E-state index in [0.29, 0.717) is 29.0 Å². The third kappa shape index (κ3) is 4.27. The summed E-state index contributed by atoms with van der Waals surface area (Å²) in [6.07, 6.45) is -4.32. The molecule has 0 amide bonds. The molecule has 0 radical (unpaired) electrons. The highest BCUT2D eigenvalue weighted by Gasteiger charge is 2.29. The van der Waals surface area contributed by atoms with Crippen molar-refractivity contribution in [3.8, 4) is 17.1 Å². The maximum atomic E-state index is 12.7. The molecule has 27 heavy (non-hydrogen) atoms. The van der Waals surface area contributed by atoms with Gasteiger partial charge >= 0.3 is 6.18 Å². The van der Waals surface area contributed by atoms with Crippen molar-refractivity contribution in [2.45, 2.75) is 30.6 Å². The molecule has 0 bridgehead atoms. The van der Waals surface area contributed by atoms with Crippen LogP contribution in [0.1, 0.15) is 18.1 Å². The van der Waals surface area contributed by atoms with E-state index in [-0.39, 0.29) is 0 Å². The van der Waals surface area contributed by atoms with Crippen LogP contribution in [0.5, 0.6) is 5.75 Å². The van der Waals surface area contributed by atoms with E-state index in [0.717, 1.165) is 23.3 Å². The molecule has 1 aromatic heterocycles. The summed E-state index contributed by atoms with van der Waals surface area (Å²) >= 11 is 1.43. The van der Waals surface area contributed by atoms with Gasteiger partial charge < -0.3 is 9.30 Å². The first-order valence-corrected chi connectivity index (χ1v) is 9.28. The van der Waals surface area contributed by atoms with E-state index in [1.54, 1.807) is 7.11 Å². The summed E-state index contributed by atoms with van der Waals surface area (Å²) in [6, 6.07) is 12.7. The monoisotopic (exact) mass is 393 g/mol. The van der Waals surface area contributed by atoms with Crippen molar-refractivity contribution >= 4 is 11.8 Å². The minimum atomic E-state index is -4.32. The summed E-state index contributed by atoms with van der Waals surface area (Å²) in [4.78, 5) is 0. The molecule has 0 saturated heterocycles. The fourth-order valence-electron chi connectivity index (χ4n) is 2.65. The number of alkyl halides is 3. The molecule has 1 heterocycles. The van der Waals surface area contributed by atoms with Crippen molar-refractivity contribution in [3.63, 3.8) is 0 Å². The maximum absolute atomic E-state index is 12.7. The number of nitrogens with zero attached hydrogens (tertiary/aromatic N) is 3. The van der Waals surface area contributed by atoms with Crippen molar-refractivity contribution in [2.75, 3.05) is 7.11 Å². The topological polar surface area (TPSA) is 39.9 Å². The summed E-state index contributed by atoms with van der Waals surface area (Å²) in [5.41, 5.74) is 0.986. The first-order chi connectivity index (χ1) is 12.9. The number of thioether (sulfide) groups is 1. The van der Waals surface area contributed by atoms with Gasteiger partial charge in [-0.2, -0.15) is 13.2 Å². The number of rotatable bonds is 6. The second-order valence-corrected chi connectivity index (χ2v) is 6.68. The first kappa shape index (κ1) is 19.3. The lowest BCUT2D eigenvalue weighted by Gasteiger charge is -2.10. The molecule has 0 saturated carbocycles. The molecule has 0 aliphatic heterocycles. The molecule has 2 aromatic carbocycles. The van der Waals surface area contributed by atoms with E-state index < -0.39 is 11.7 Å². The largest absolute Gasteiger partial charge is 0.496 e. The fraction of sp³-hybridized carbons (Fsp3) is 0.263. The van der Waals surface area contributed by atoms with Gasteiger partial charge in [0.1, 0.15) is 5.75 Å². The molecule has 3 rings (SSSR count). The van der Waals surface area contributed by atoms with Gasteiger partial charge in [-0.15, -0.1) is 10.2 Å². The van der Waals surface area contributed by atoms with E-state index in [4.69, 9.17) is 4.74 Å². The van der Waals surface area contributed by atoms with E-state index >= 15 is 0 Å². The number of hydrogen-bond donors (Lipinski definition) is 0. The third-order valence-corrected chi connectivity index (χ3v) is 5.07. The van der Waals surface area contributed by atoms with Crippen LogP contribution in [0.2, 0.25) is 0 Å². The molecule has 8 heteroatoms. The van der Waals surface area contributed by atoms with Gasteiger partial charge in [-0.05, 0) is 36.8 Å². The minimum absolute atomic E-state index is 0.502. The van der Waals surface area contributed by atoms with E-state index in [1.165, 1.54) is 23.9 Å². The Labute approximate surface area is 159 Å². The van der Waals surface area contributed by atoms with Crippen LogP contribution >= 0.6 is 11.8 Å². The smallest absolute Gasteiger partial charge is 0.416 e. The highest BCUT2D eigenvalue weighted by atomic mass is 32.2. The number of ether oxygens (including phenoxy) is 1. The van der Waals surface area contributed by atoms with Gasteiger partial charge in [-0.1, -0.05) is 36.0 Å². The van der Waals surface area contributed by atoms with E-state index in [2.05, 4.69) is 10.2 Å². The summed E-state index contributed by atoms with van der Waals surface area (Å²) in [5.74, 6) is 1.91. The number of halogens is 3. The summed E-state index contributed by atoms with van der Waals surface area (Å²) < 4.78 is 45.3. The van der Waals surface area contributed by atoms with Crippen LogP contribution in [0.4, 0.5) is 13.2 Å². The Morgan fingerprint density at radius 3 is 2.37 bits per heavy atom. The van der Waals surface area contributed by atoms with Crippen LogP contribution in [0.15, 0.2) is 53.7 Å². The SMILES string of the molecule is CCn1c(SCc2ccc(C(F)(F)F)cc2)nnc1-c1ccccc1OC. The van der Waals surface area contributed by atoms with Crippen molar-refractivity contribution in [2.24, 2.45) is 0 Å². The quantitative estimate of drug-likeness (QED) is 0.534. The molecule has 0 fully saturated rings. The van der Waals surface area contributed by atoms with Gasteiger partial charge in [0.25, 0.3) is 0 Å². The fourth-order valence-corrected chi connectivity index (χ4v) is 3.61. The number of methoxy groups -OCH3 is 1. The molecule has 3 aromatic rings. The zero-order valence-electron chi connectivity index (χ0n) is 14.8. The van der Waals surface area contributed by atoms with E-state index in [1.807, 2.05) is 35.8 Å². The van der Waals surface area contributed by atoms with Gasteiger partial charge in [0.2, 0.25) is 0 Å². The Morgan fingerprint density at radius 1 is 1.04 bits per heavy atom. The predicted octanol–water partition coefficient (Wildman–Crippen LogP) is 5.28. The van der Waals surface area contributed by atoms with Crippen LogP contribution in [0.3, 0.4) is 0 Å². The van der Waals surface area contributed by atoms with Crippen LogP contribution in [0, 0.1) is 0 Å². The molecule has 4 nitrogen and oxygen atoms in total. The summed E-state index contributed by atoms with van der Waals surface area (Å²) in [5, 5.41) is 9.25. The number of para-hydroxylation sites is 1. The minimum Gasteiger partial charge on any atom is -0.496 e.